The van der Waals surface area contributed by atoms with Gasteiger partial charge in [0.25, 0.3) is 0 Å². The molecule has 0 saturated heterocycles. The molecular formula is C14H15N3O2. The lowest BCUT2D eigenvalue weighted by atomic mass is 10.3. The van der Waals surface area contributed by atoms with E-state index in [0.29, 0.717) is 12.5 Å². The number of aromatic nitrogens is 2. The number of rotatable bonds is 3. The van der Waals surface area contributed by atoms with Crippen LogP contribution in [-0.4, -0.2) is 16.7 Å². The number of aryl methyl sites for hydroxylation is 1. The highest BCUT2D eigenvalue weighted by atomic mass is 16.5. The number of hydrogen-bond donors (Lipinski definition) is 1. The Hall–Kier alpha value is -2.43. The molecule has 0 radical (unpaired) electrons. The number of nitrogens with zero attached hydrogens (tertiary/aromatic N) is 2. The van der Waals surface area contributed by atoms with E-state index in [1.165, 1.54) is 0 Å². The summed E-state index contributed by atoms with van der Waals surface area (Å²) in [6, 6.07) is 9.61. The third-order valence-electron chi connectivity index (χ3n) is 3.09. The van der Waals surface area contributed by atoms with Crippen molar-refractivity contribution in [1.82, 2.24) is 9.55 Å². The predicted octanol–water partition coefficient (Wildman–Crippen LogP) is 2.58. The van der Waals surface area contributed by atoms with Crippen molar-refractivity contribution in [3.05, 3.63) is 41.9 Å². The maximum Gasteiger partial charge on any atom is 0.201 e. The summed E-state index contributed by atoms with van der Waals surface area (Å²) in [5, 5.41) is 0. The van der Waals surface area contributed by atoms with Crippen LogP contribution in [0.2, 0.25) is 0 Å². The van der Waals surface area contributed by atoms with Crippen molar-refractivity contribution in [3.63, 3.8) is 0 Å². The lowest BCUT2D eigenvalue weighted by molar-refractivity contribution is 0.415. The molecule has 5 heteroatoms. The van der Waals surface area contributed by atoms with Gasteiger partial charge in [0.05, 0.1) is 24.7 Å². The third-order valence-corrected chi connectivity index (χ3v) is 3.09. The van der Waals surface area contributed by atoms with Crippen LogP contribution >= 0.6 is 0 Å². The fourth-order valence-corrected chi connectivity index (χ4v) is 2.15. The third kappa shape index (κ3) is 2.03. The van der Waals surface area contributed by atoms with Gasteiger partial charge in [-0.25, -0.2) is 4.98 Å². The topological polar surface area (TPSA) is 66.2 Å². The van der Waals surface area contributed by atoms with Crippen LogP contribution in [0, 0.1) is 6.92 Å². The number of furan rings is 1. The molecule has 0 fully saturated rings. The molecule has 19 heavy (non-hydrogen) atoms. The van der Waals surface area contributed by atoms with Crippen molar-refractivity contribution in [3.8, 4) is 5.75 Å². The molecule has 3 rings (SSSR count). The van der Waals surface area contributed by atoms with Crippen molar-refractivity contribution in [1.29, 1.82) is 0 Å². The number of anilines is 1. The van der Waals surface area contributed by atoms with E-state index in [9.17, 15) is 0 Å². The summed E-state index contributed by atoms with van der Waals surface area (Å²) in [6.45, 7) is 2.49. The van der Waals surface area contributed by atoms with E-state index >= 15 is 0 Å². The number of imidazole rings is 1. The fraction of sp³-hybridized carbons (Fsp3) is 0.214. The zero-order valence-electron chi connectivity index (χ0n) is 10.9. The van der Waals surface area contributed by atoms with Crippen LogP contribution in [-0.2, 0) is 6.54 Å². The summed E-state index contributed by atoms with van der Waals surface area (Å²) in [4.78, 5) is 4.34. The molecule has 0 atom stereocenters. The average Bonchev–Trinajstić information content (AvgIpc) is 2.94. The minimum Gasteiger partial charge on any atom is -0.497 e. The number of nitrogens with two attached hydrogens (primary N) is 1. The number of ether oxygens (including phenoxy) is 1. The van der Waals surface area contributed by atoms with Crippen LogP contribution in [0.25, 0.3) is 11.0 Å². The largest absolute Gasteiger partial charge is 0.497 e. The maximum atomic E-state index is 5.97. The molecule has 0 aliphatic carbocycles. The molecular weight excluding hydrogens is 242 g/mol. The normalized spacial score (nSPS) is 11.1. The Kier molecular flexibility index (Phi) is 2.67. The van der Waals surface area contributed by atoms with E-state index in [1.807, 2.05) is 41.8 Å². The smallest absolute Gasteiger partial charge is 0.201 e. The Morgan fingerprint density at radius 2 is 2.16 bits per heavy atom. The Labute approximate surface area is 110 Å². The minimum atomic E-state index is 0.470. The van der Waals surface area contributed by atoms with Crippen LogP contribution in [0.4, 0.5) is 5.95 Å². The van der Waals surface area contributed by atoms with E-state index < -0.39 is 0 Å². The monoisotopic (exact) mass is 257 g/mol. The van der Waals surface area contributed by atoms with Gasteiger partial charge in [-0.05, 0) is 31.2 Å². The molecule has 98 valence electrons. The Morgan fingerprint density at radius 3 is 2.84 bits per heavy atom. The second-order valence-electron chi connectivity index (χ2n) is 4.42. The van der Waals surface area contributed by atoms with Crippen molar-refractivity contribution in [2.45, 2.75) is 13.5 Å². The number of hydrogen-bond acceptors (Lipinski definition) is 4. The molecule has 1 aromatic carbocycles. The molecule has 2 heterocycles. The molecule has 0 bridgehead atoms. The Morgan fingerprint density at radius 1 is 1.32 bits per heavy atom. The summed E-state index contributed by atoms with van der Waals surface area (Å²) in [7, 11) is 1.63. The first-order valence-corrected chi connectivity index (χ1v) is 6.02. The van der Waals surface area contributed by atoms with E-state index in [-0.39, 0.29) is 0 Å². The summed E-state index contributed by atoms with van der Waals surface area (Å²) in [6.07, 6.45) is 0. The molecule has 2 N–H and O–H groups in total. The van der Waals surface area contributed by atoms with Gasteiger partial charge >= 0.3 is 0 Å². The minimum absolute atomic E-state index is 0.470. The molecule has 0 aliphatic rings. The molecule has 3 aromatic rings. The highest BCUT2D eigenvalue weighted by Gasteiger charge is 2.11. The fourth-order valence-electron chi connectivity index (χ4n) is 2.15. The first-order valence-electron chi connectivity index (χ1n) is 6.02. The molecule has 2 aromatic heterocycles. The molecule has 5 nitrogen and oxygen atoms in total. The van der Waals surface area contributed by atoms with Crippen LogP contribution in [0.5, 0.6) is 5.75 Å². The van der Waals surface area contributed by atoms with Gasteiger partial charge in [0.1, 0.15) is 17.3 Å². The zero-order chi connectivity index (χ0) is 13.4. The summed E-state index contributed by atoms with van der Waals surface area (Å²) >= 11 is 0. The zero-order valence-corrected chi connectivity index (χ0v) is 10.9. The number of fused-ring (bicyclic) bond motifs is 1. The maximum absolute atomic E-state index is 5.97. The lowest BCUT2D eigenvalue weighted by Gasteiger charge is -2.04. The highest BCUT2D eigenvalue weighted by Crippen LogP contribution is 2.24. The van der Waals surface area contributed by atoms with Crippen LogP contribution in [0.3, 0.4) is 0 Å². The Bertz CT molecular complexity index is 727. The van der Waals surface area contributed by atoms with Crippen molar-refractivity contribution in [2.75, 3.05) is 12.8 Å². The molecule has 0 amide bonds. The average molecular weight is 257 g/mol. The van der Waals surface area contributed by atoms with E-state index in [4.69, 9.17) is 14.9 Å². The summed E-state index contributed by atoms with van der Waals surface area (Å²) in [5.74, 6) is 2.99. The molecule has 0 saturated carbocycles. The van der Waals surface area contributed by atoms with Gasteiger partial charge in [-0.3, -0.25) is 0 Å². The Balaban J connectivity index is 2.05. The first-order chi connectivity index (χ1) is 9.17. The highest BCUT2D eigenvalue weighted by molar-refractivity contribution is 5.80. The SMILES string of the molecule is COc1ccc2c(c1)nc(N)n2Cc1ccc(C)o1. The van der Waals surface area contributed by atoms with Crippen LogP contribution < -0.4 is 10.5 Å². The number of methoxy groups -OCH3 is 1. The summed E-state index contributed by atoms with van der Waals surface area (Å²) < 4.78 is 12.7. The van der Waals surface area contributed by atoms with Crippen LogP contribution in [0.15, 0.2) is 34.7 Å². The quantitative estimate of drug-likeness (QED) is 0.783. The number of benzene rings is 1. The predicted molar refractivity (Wildman–Crippen MR) is 73.2 cm³/mol. The van der Waals surface area contributed by atoms with Crippen molar-refractivity contribution in [2.24, 2.45) is 0 Å². The van der Waals surface area contributed by atoms with Gasteiger partial charge in [-0.15, -0.1) is 0 Å². The van der Waals surface area contributed by atoms with Crippen molar-refractivity contribution >= 4 is 17.0 Å². The second-order valence-corrected chi connectivity index (χ2v) is 4.42. The molecule has 0 spiro atoms. The van der Waals surface area contributed by atoms with E-state index in [1.54, 1.807) is 7.11 Å². The first kappa shape index (κ1) is 11.6. The van der Waals surface area contributed by atoms with Crippen LogP contribution in [0.1, 0.15) is 11.5 Å². The van der Waals surface area contributed by atoms with Gasteiger partial charge in [0.15, 0.2) is 0 Å². The standard InChI is InChI=1S/C14H15N3O2/c1-9-3-4-11(19-9)8-17-13-6-5-10(18-2)7-12(13)16-14(17)15/h3-7H,8H2,1-2H3,(H2,15,16). The molecule has 0 unspecified atom stereocenters. The van der Waals surface area contributed by atoms with E-state index in [2.05, 4.69) is 4.98 Å². The van der Waals surface area contributed by atoms with Gasteiger partial charge in [-0.2, -0.15) is 0 Å². The lowest BCUT2D eigenvalue weighted by Crippen LogP contribution is -2.03. The summed E-state index contributed by atoms with van der Waals surface area (Å²) in [5.41, 5.74) is 7.75. The van der Waals surface area contributed by atoms with Gasteiger partial charge in [0.2, 0.25) is 5.95 Å². The number of nitrogen functional groups attached to an aromatic ring is 1. The van der Waals surface area contributed by atoms with E-state index in [0.717, 1.165) is 28.3 Å². The second kappa shape index (κ2) is 4.35. The van der Waals surface area contributed by atoms with Gasteiger partial charge in [-0.1, -0.05) is 0 Å². The van der Waals surface area contributed by atoms with Gasteiger partial charge in [0, 0.05) is 6.07 Å². The van der Waals surface area contributed by atoms with Crippen molar-refractivity contribution < 1.29 is 9.15 Å². The molecule has 0 aliphatic heterocycles. The van der Waals surface area contributed by atoms with Gasteiger partial charge < -0.3 is 19.5 Å².